The lowest BCUT2D eigenvalue weighted by atomic mass is 9.95. The SMILES string of the molecule is O=C1C(=O)N(CC2CCCO2)C(c2cccc(O)c2)/C1=C(/O)c1cccc([N+](=O)[O-])c1. The van der Waals surface area contributed by atoms with Crippen LogP contribution in [0.2, 0.25) is 0 Å². The first-order chi connectivity index (χ1) is 14.9. The van der Waals surface area contributed by atoms with Crippen molar-refractivity contribution in [2.75, 3.05) is 13.2 Å². The number of carbonyl (C=O) groups is 2. The van der Waals surface area contributed by atoms with E-state index in [1.807, 2.05) is 0 Å². The summed E-state index contributed by atoms with van der Waals surface area (Å²) >= 11 is 0. The predicted molar refractivity (Wildman–Crippen MR) is 109 cm³/mol. The van der Waals surface area contributed by atoms with Gasteiger partial charge in [0.05, 0.1) is 22.6 Å². The lowest BCUT2D eigenvalue weighted by Gasteiger charge is -2.27. The molecule has 0 spiro atoms. The van der Waals surface area contributed by atoms with E-state index in [2.05, 4.69) is 0 Å². The highest BCUT2D eigenvalue weighted by Gasteiger charge is 2.47. The lowest BCUT2D eigenvalue weighted by molar-refractivity contribution is -0.384. The van der Waals surface area contributed by atoms with Crippen LogP contribution in [0.3, 0.4) is 0 Å². The molecule has 0 aliphatic carbocycles. The van der Waals surface area contributed by atoms with Crippen molar-refractivity contribution in [3.63, 3.8) is 0 Å². The number of Topliss-reactive ketones (excluding diaryl/α,β-unsaturated/α-hetero) is 1. The van der Waals surface area contributed by atoms with E-state index in [1.165, 1.54) is 35.2 Å². The van der Waals surface area contributed by atoms with Crippen molar-refractivity contribution in [2.24, 2.45) is 0 Å². The second-order valence-corrected chi connectivity index (χ2v) is 7.49. The van der Waals surface area contributed by atoms with Crippen LogP contribution < -0.4 is 0 Å². The van der Waals surface area contributed by atoms with E-state index in [-0.39, 0.29) is 35.2 Å². The Balaban J connectivity index is 1.84. The first-order valence-electron chi connectivity index (χ1n) is 9.80. The number of nitro benzene ring substituents is 1. The van der Waals surface area contributed by atoms with Gasteiger partial charge in [-0.25, -0.2) is 0 Å². The summed E-state index contributed by atoms with van der Waals surface area (Å²) in [6.07, 6.45) is 1.34. The molecule has 160 valence electrons. The Morgan fingerprint density at radius 2 is 1.97 bits per heavy atom. The van der Waals surface area contributed by atoms with Gasteiger partial charge in [-0.15, -0.1) is 0 Å². The van der Waals surface area contributed by atoms with Crippen molar-refractivity contribution in [1.29, 1.82) is 0 Å². The molecule has 0 bridgehead atoms. The number of aliphatic hydroxyl groups is 1. The van der Waals surface area contributed by atoms with Crippen LogP contribution in [-0.4, -0.2) is 51.0 Å². The van der Waals surface area contributed by atoms with Crippen LogP contribution in [0.4, 0.5) is 5.69 Å². The Morgan fingerprint density at radius 3 is 2.65 bits per heavy atom. The number of aliphatic hydroxyl groups excluding tert-OH is 1. The fourth-order valence-electron chi connectivity index (χ4n) is 4.04. The van der Waals surface area contributed by atoms with Crippen molar-refractivity contribution in [2.45, 2.75) is 25.0 Å². The van der Waals surface area contributed by atoms with E-state index in [0.717, 1.165) is 18.9 Å². The number of non-ortho nitro benzene ring substituents is 1. The summed E-state index contributed by atoms with van der Waals surface area (Å²) in [5.41, 5.74) is 0.0410. The van der Waals surface area contributed by atoms with Gasteiger partial charge in [-0.1, -0.05) is 24.3 Å². The molecule has 2 aromatic rings. The van der Waals surface area contributed by atoms with E-state index in [0.29, 0.717) is 12.2 Å². The third-order valence-electron chi connectivity index (χ3n) is 5.48. The van der Waals surface area contributed by atoms with Gasteiger partial charge in [-0.2, -0.15) is 0 Å². The van der Waals surface area contributed by atoms with Crippen LogP contribution in [0.25, 0.3) is 5.76 Å². The number of benzene rings is 2. The van der Waals surface area contributed by atoms with E-state index in [1.54, 1.807) is 12.1 Å². The van der Waals surface area contributed by atoms with Crippen molar-refractivity contribution < 1.29 is 29.5 Å². The quantitative estimate of drug-likeness (QED) is 0.248. The number of nitrogens with zero attached hydrogens (tertiary/aromatic N) is 2. The van der Waals surface area contributed by atoms with Gasteiger partial charge in [0, 0.05) is 30.8 Å². The molecule has 2 N–H and O–H groups in total. The molecule has 2 aromatic carbocycles. The third-order valence-corrected chi connectivity index (χ3v) is 5.48. The normalized spacial score (nSPS) is 22.8. The molecule has 2 aliphatic rings. The van der Waals surface area contributed by atoms with Crippen LogP contribution in [0.1, 0.15) is 30.0 Å². The highest BCUT2D eigenvalue weighted by Crippen LogP contribution is 2.41. The van der Waals surface area contributed by atoms with Gasteiger partial charge in [0.1, 0.15) is 11.5 Å². The topological polar surface area (TPSA) is 130 Å². The standard InChI is InChI=1S/C22H20N2O7/c25-16-7-2-4-13(11-16)19-18(20(26)14-5-1-6-15(10-14)24(29)30)21(27)22(28)23(19)12-17-8-3-9-31-17/h1-2,4-7,10-11,17,19,25-26H,3,8-9,12H2/b20-18-. The van der Waals surface area contributed by atoms with Crippen LogP contribution in [0.5, 0.6) is 5.75 Å². The molecule has 9 nitrogen and oxygen atoms in total. The maximum Gasteiger partial charge on any atom is 0.295 e. The Kier molecular flexibility index (Phi) is 5.43. The Bertz CT molecular complexity index is 1090. The van der Waals surface area contributed by atoms with Gasteiger partial charge in [0.2, 0.25) is 0 Å². The van der Waals surface area contributed by atoms with Gasteiger partial charge in [0.25, 0.3) is 17.4 Å². The molecular weight excluding hydrogens is 404 g/mol. The minimum atomic E-state index is -0.962. The number of phenolic OH excluding ortho intramolecular Hbond substituents is 1. The first kappa shape index (κ1) is 20.5. The third kappa shape index (κ3) is 3.87. The molecule has 31 heavy (non-hydrogen) atoms. The van der Waals surface area contributed by atoms with Crippen molar-refractivity contribution in [3.8, 4) is 5.75 Å². The van der Waals surface area contributed by atoms with Gasteiger partial charge in [0.15, 0.2) is 0 Å². The number of hydrogen-bond acceptors (Lipinski definition) is 7. The van der Waals surface area contributed by atoms with Gasteiger partial charge < -0.3 is 19.8 Å². The van der Waals surface area contributed by atoms with Crippen LogP contribution >= 0.6 is 0 Å². The van der Waals surface area contributed by atoms with E-state index >= 15 is 0 Å². The second-order valence-electron chi connectivity index (χ2n) is 7.49. The van der Waals surface area contributed by atoms with Crippen LogP contribution in [0, 0.1) is 10.1 Å². The summed E-state index contributed by atoms with van der Waals surface area (Å²) in [7, 11) is 0. The zero-order valence-corrected chi connectivity index (χ0v) is 16.4. The van der Waals surface area contributed by atoms with Gasteiger partial charge in [-0.3, -0.25) is 19.7 Å². The number of phenols is 1. The highest BCUT2D eigenvalue weighted by molar-refractivity contribution is 6.46. The number of carbonyl (C=O) groups excluding carboxylic acids is 2. The number of hydrogen-bond donors (Lipinski definition) is 2. The second kappa shape index (κ2) is 8.19. The first-order valence-corrected chi connectivity index (χ1v) is 9.80. The monoisotopic (exact) mass is 424 g/mol. The van der Waals surface area contributed by atoms with Crippen LogP contribution in [0.15, 0.2) is 54.1 Å². The predicted octanol–water partition coefficient (Wildman–Crippen LogP) is 2.90. The number of nitro groups is 1. The number of ether oxygens (including phenoxy) is 1. The van der Waals surface area contributed by atoms with Crippen LogP contribution in [-0.2, 0) is 14.3 Å². The molecule has 0 saturated carbocycles. The zero-order chi connectivity index (χ0) is 22.1. The van der Waals surface area contributed by atoms with Crippen molar-refractivity contribution >= 4 is 23.1 Å². The summed E-state index contributed by atoms with van der Waals surface area (Å²) in [4.78, 5) is 37.7. The number of likely N-dealkylation sites (tertiary alicyclic amines) is 1. The molecule has 4 rings (SSSR count). The van der Waals surface area contributed by atoms with Gasteiger partial charge in [-0.05, 0) is 30.5 Å². The smallest absolute Gasteiger partial charge is 0.295 e. The summed E-state index contributed by atoms with van der Waals surface area (Å²) in [5, 5.41) is 32.0. The molecule has 0 radical (unpaired) electrons. The Hall–Kier alpha value is -3.72. The highest BCUT2D eigenvalue weighted by atomic mass is 16.6. The largest absolute Gasteiger partial charge is 0.508 e. The fraction of sp³-hybridized carbons (Fsp3) is 0.273. The molecule has 0 aromatic heterocycles. The minimum absolute atomic E-state index is 0.0504. The molecule has 2 aliphatic heterocycles. The zero-order valence-electron chi connectivity index (χ0n) is 16.4. The van der Waals surface area contributed by atoms with E-state index in [4.69, 9.17) is 4.74 Å². The average Bonchev–Trinajstić information content (AvgIpc) is 3.36. The summed E-state index contributed by atoms with van der Waals surface area (Å²) in [6.45, 7) is 0.718. The lowest BCUT2D eigenvalue weighted by Crippen LogP contribution is -2.36. The van der Waals surface area contributed by atoms with E-state index < -0.39 is 28.4 Å². The average molecular weight is 424 g/mol. The molecule has 2 fully saturated rings. The van der Waals surface area contributed by atoms with Gasteiger partial charge >= 0.3 is 0 Å². The molecular formula is C22H20N2O7. The summed E-state index contributed by atoms with van der Waals surface area (Å²) < 4.78 is 5.62. The van der Waals surface area contributed by atoms with Crippen molar-refractivity contribution in [3.05, 3.63) is 75.3 Å². The van der Waals surface area contributed by atoms with Crippen molar-refractivity contribution in [1.82, 2.24) is 4.90 Å². The summed E-state index contributed by atoms with van der Waals surface area (Å²) in [6, 6.07) is 10.3. The summed E-state index contributed by atoms with van der Waals surface area (Å²) in [5.74, 6) is -2.26. The molecule has 2 heterocycles. The maximum atomic E-state index is 12.9. The number of ketones is 1. The molecule has 2 saturated heterocycles. The molecule has 9 heteroatoms. The Morgan fingerprint density at radius 1 is 1.19 bits per heavy atom. The maximum absolute atomic E-state index is 12.9. The molecule has 2 unspecified atom stereocenters. The number of aromatic hydroxyl groups is 1. The minimum Gasteiger partial charge on any atom is -0.508 e. The fourth-order valence-corrected chi connectivity index (χ4v) is 4.04. The number of rotatable bonds is 5. The molecule has 2 atom stereocenters. The van der Waals surface area contributed by atoms with E-state index in [9.17, 15) is 29.9 Å². The molecule has 1 amide bonds. The Labute approximate surface area is 177 Å². The number of amides is 1.